The summed E-state index contributed by atoms with van der Waals surface area (Å²) in [5, 5.41) is 16.1. The predicted molar refractivity (Wildman–Crippen MR) is 167 cm³/mol. The zero-order valence-corrected chi connectivity index (χ0v) is 25.2. The Labute approximate surface area is 250 Å². The third-order valence-corrected chi connectivity index (χ3v) is 7.82. The molecule has 8 heteroatoms. The Bertz CT molecular complexity index is 1340. The molecule has 1 aliphatic heterocycles. The van der Waals surface area contributed by atoms with E-state index in [9.17, 15) is 9.59 Å². The minimum Gasteiger partial charge on any atom is -0.491 e. The van der Waals surface area contributed by atoms with E-state index in [1.165, 1.54) is 12.1 Å². The Morgan fingerprint density at radius 3 is 2.46 bits per heavy atom. The van der Waals surface area contributed by atoms with Crippen LogP contribution in [0.3, 0.4) is 0 Å². The summed E-state index contributed by atoms with van der Waals surface area (Å²) in [7, 11) is 0. The lowest BCUT2D eigenvalue weighted by molar-refractivity contribution is -0.131. The molecule has 216 valence electrons. The van der Waals surface area contributed by atoms with Crippen LogP contribution in [0.1, 0.15) is 55.5 Å². The number of amides is 1. The van der Waals surface area contributed by atoms with E-state index in [0.717, 1.165) is 52.9 Å². The molecule has 0 radical (unpaired) electrons. The lowest BCUT2D eigenvalue weighted by Gasteiger charge is -2.25. The molecular formula is C33H38BrN3O4. The van der Waals surface area contributed by atoms with Gasteiger partial charge in [0.25, 0.3) is 0 Å². The van der Waals surface area contributed by atoms with E-state index >= 15 is 0 Å². The topological polar surface area (TPSA) is 90.9 Å². The number of carbonyl (C=O) groups excluding carboxylic acids is 1. The number of nitrogens with one attached hydrogen (secondary N) is 2. The average Bonchev–Trinajstić information content (AvgIpc) is 3.35. The number of unbranched alkanes of at least 4 members (excludes halogenated alkanes) is 2. The molecule has 0 spiro atoms. The molecule has 3 aromatic carbocycles. The zero-order valence-electron chi connectivity index (χ0n) is 23.6. The number of allylic oxidation sites excluding steroid dienone is 1. The highest BCUT2D eigenvalue weighted by Crippen LogP contribution is 2.26. The molecule has 1 amide bonds. The number of carboxylic acids is 1. The number of ether oxygens (including phenoxy) is 1. The number of rotatable bonds is 13. The third-order valence-electron chi connectivity index (χ3n) is 7.13. The first-order valence-electron chi connectivity index (χ1n) is 14.2. The van der Waals surface area contributed by atoms with Gasteiger partial charge in [-0.3, -0.25) is 4.79 Å². The van der Waals surface area contributed by atoms with Gasteiger partial charge in [0.2, 0.25) is 5.91 Å². The normalized spacial score (nSPS) is 16.9. The summed E-state index contributed by atoms with van der Waals surface area (Å²) in [4.78, 5) is 26.3. The summed E-state index contributed by atoms with van der Waals surface area (Å²) >= 11 is 3.61. The number of halogens is 1. The van der Waals surface area contributed by atoms with Crippen LogP contribution in [-0.4, -0.2) is 41.1 Å². The molecule has 3 N–H and O–H groups in total. The number of benzene rings is 3. The van der Waals surface area contributed by atoms with Crippen LogP contribution in [0, 0.1) is 5.92 Å². The molecule has 4 rings (SSSR count). The molecule has 0 aromatic heterocycles. The Balaban J connectivity index is 1.35. The Kier molecular flexibility index (Phi) is 10.8. The molecule has 0 aliphatic carbocycles. The van der Waals surface area contributed by atoms with Gasteiger partial charge >= 0.3 is 5.97 Å². The van der Waals surface area contributed by atoms with Gasteiger partial charge in [-0.15, -0.1) is 0 Å². The SMILES string of the molecule is CCCC/C=C(\Nc1ccc(CC(=O)N2CC(C)CC2COc2ccc(C(=O)O)cc2)cc1)Nc1ccccc1Br. The fraction of sp³-hybridized carbons (Fsp3) is 0.333. The number of nitrogens with zero attached hydrogens (tertiary/aromatic N) is 1. The van der Waals surface area contributed by atoms with Crippen molar-refractivity contribution in [1.82, 2.24) is 4.90 Å². The second-order valence-electron chi connectivity index (χ2n) is 10.5. The van der Waals surface area contributed by atoms with Gasteiger partial charge in [0.15, 0.2) is 0 Å². The smallest absolute Gasteiger partial charge is 0.335 e. The Morgan fingerprint density at radius 2 is 1.78 bits per heavy atom. The number of carbonyl (C=O) groups is 2. The minimum absolute atomic E-state index is 0.0169. The van der Waals surface area contributed by atoms with Crippen LogP contribution < -0.4 is 15.4 Å². The van der Waals surface area contributed by atoms with Crippen molar-refractivity contribution in [2.75, 3.05) is 23.8 Å². The summed E-state index contributed by atoms with van der Waals surface area (Å²) in [6.45, 7) is 5.41. The standard InChI is InChI=1S/C33H38BrN3O4/c1-3-4-5-10-31(36-30-9-7-6-8-29(30)34)35-26-15-11-24(12-16-26)20-32(38)37-21-23(2)19-27(37)22-41-28-17-13-25(14-18-28)33(39)40/h6-18,23,27,35-36H,3-5,19-22H2,1-2H3,(H,39,40)/b31-10+. The molecule has 0 saturated carbocycles. The average molecular weight is 621 g/mol. The first-order valence-corrected chi connectivity index (χ1v) is 14.9. The fourth-order valence-electron chi connectivity index (χ4n) is 4.93. The van der Waals surface area contributed by atoms with Gasteiger partial charge < -0.3 is 25.4 Å². The maximum atomic E-state index is 13.3. The number of aromatic carboxylic acids is 1. The van der Waals surface area contributed by atoms with Crippen LogP contribution in [-0.2, 0) is 11.2 Å². The van der Waals surface area contributed by atoms with Crippen LogP contribution in [0.5, 0.6) is 5.75 Å². The van der Waals surface area contributed by atoms with Crippen molar-refractivity contribution in [2.24, 2.45) is 5.92 Å². The molecule has 0 bridgehead atoms. The van der Waals surface area contributed by atoms with Gasteiger partial charge in [-0.05, 0) is 101 Å². The number of carboxylic acid groups (broad SMARTS) is 1. The molecule has 41 heavy (non-hydrogen) atoms. The Hall–Kier alpha value is -3.78. The second kappa shape index (κ2) is 14.7. The molecule has 1 aliphatic rings. The number of anilines is 2. The number of hydrogen-bond donors (Lipinski definition) is 3. The first-order chi connectivity index (χ1) is 19.8. The van der Waals surface area contributed by atoms with E-state index in [0.29, 0.717) is 31.2 Å². The van der Waals surface area contributed by atoms with Crippen molar-refractivity contribution in [3.63, 3.8) is 0 Å². The minimum atomic E-state index is -0.970. The van der Waals surface area contributed by atoms with Crippen molar-refractivity contribution < 1.29 is 19.4 Å². The van der Waals surface area contributed by atoms with Crippen LogP contribution >= 0.6 is 15.9 Å². The summed E-state index contributed by atoms with van der Waals surface area (Å²) in [5.74, 6) is 1.02. The summed E-state index contributed by atoms with van der Waals surface area (Å²) < 4.78 is 6.93. The highest BCUT2D eigenvalue weighted by Gasteiger charge is 2.33. The first kappa shape index (κ1) is 30.2. The quantitative estimate of drug-likeness (QED) is 0.171. The van der Waals surface area contributed by atoms with Gasteiger partial charge in [-0.2, -0.15) is 0 Å². The summed E-state index contributed by atoms with van der Waals surface area (Å²) in [5.41, 5.74) is 3.10. The number of likely N-dealkylation sites (tertiary alicyclic amines) is 1. The largest absolute Gasteiger partial charge is 0.491 e. The van der Waals surface area contributed by atoms with Crippen LogP contribution in [0.2, 0.25) is 0 Å². The van der Waals surface area contributed by atoms with Gasteiger partial charge in [-0.25, -0.2) is 4.79 Å². The second-order valence-corrected chi connectivity index (χ2v) is 11.4. The molecule has 2 atom stereocenters. The Morgan fingerprint density at radius 1 is 1.05 bits per heavy atom. The van der Waals surface area contributed by atoms with E-state index in [4.69, 9.17) is 9.84 Å². The van der Waals surface area contributed by atoms with Gasteiger partial charge in [0.05, 0.1) is 23.7 Å². The van der Waals surface area contributed by atoms with Crippen LogP contribution in [0.25, 0.3) is 0 Å². The van der Waals surface area contributed by atoms with E-state index < -0.39 is 5.97 Å². The summed E-state index contributed by atoms with van der Waals surface area (Å²) in [6, 6.07) is 22.4. The van der Waals surface area contributed by atoms with Crippen LogP contribution in [0.4, 0.5) is 11.4 Å². The van der Waals surface area contributed by atoms with Crippen molar-refractivity contribution in [3.8, 4) is 5.75 Å². The summed E-state index contributed by atoms with van der Waals surface area (Å²) in [6.07, 6.45) is 6.59. The molecule has 1 saturated heterocycles. The highest BCUT2D eigenvalue weighted by atomic mass is 79.9. The van der Waals surface area contributed by atoms with Crippen molar-refractivity contribution in [3.05, 3.63) is 100 Å². The fourth-order valence-corrected chi connectivity index (χ4v) is 5.31. The predicted octanol–water partition coefficient (Wildman–Crippen LogP) is 7.56. The van der Waals surface area contributed by atoms with Crippen molar-refractivity contribution in [2.45, 2.75) is 52.0 Å². The maximum Gasteiger partial charge on any atom is 0.335 e. The molecule has 3 aromatic rings. The van der Waals surface area contributed by atoms with Gasteiger partial charge in [0.1, 0.15) is 18.2 Å². The molecular weight excluding hydrogens is 582 g/mol. The number of hydrogen-bond acceptors (Lipinski definition) is 5. The van der Waals surface area contributed by atoms with Crippen molar-refractivity contribution >= 4 is 39.2 Å². The molecule has 1 heterocycles. The van der Waals surface area contributed by atoms with E-state index in [1.54, 1.807) is 12.1 Å². The molecule has 7 nitrogen and oxygen atoms in total. The molecule has 2 unspecified atom stereocenters. The lowest BCUT2D eigenvalue weighted by Crippen LogP contribution is -2.40. The molecule has 1 fully saturated rings. The van der Waals surface area contributed by atoms with Gasteiger partial charge in [-0.1, -0.05) is 44.5 Å². The monoisotopic (exact) mass is 619 g/mol. The third kappa shape index (κ3) is 8.85. The number of para-hydroxylation sites is 1. The zero-order chi connectivity index (χ0) is 29.2. The van der Waals surface area contributed by atoms with E-state index in [2.05, 4.69) is 46.5 Å². The highest BCUT2D eigenvalue weighted by molar-refractivity contribution is 9.10. The van der Waals surface area contributed by atoms with E-state index in [-0.39, 0.29) is 17.5 Å². The van der Waals surface area contributed by atoms with Crippen LogP contribution in [0.15, 0.2) is 89.2 Å². The maximum absolute atomic E-state index is 13.3. The van der Waals surface area contributed by atoms with E-state index in [1.807, 2.05) is 53.4 Å². The van der Waals surface area contributed by atoms with Gasteiger partial charge in [0, 0.05) is 16.7 Å². The lowest BCUT2D eigenvalue weighted by atomic mass is 10.1. The van der Waals surface area contributed by atoms with Crippen molar-refractivity contribution in [1.29, 1.82) is 0 Å².